The number of phenolic OH excluding ortho intramolecular Hbond substituents is 1. The van der Waals surface area contributed by atoms with Crippen LogP contribution in [0.1, 0.15) is 74.9 Å². The minimum Gasteiger partial charge on any atom is -0.508 e. The van der Waals surface area contributed by atoms with Gasteiger partial charge in [-0.2, -0.15) is 0 Å². The van der Waals surface area contributed by atoms with Gasteiger partial charge in [-0.3, -0.25) is 21.6 Å². The Morgan fingerprint density at radius 2 is 0.673 bits per heavy atom. The lowest BCUT2D eigenvalue weighted by atomic mass is 9.87. The van der Waals surface area contributed by atoms with Crippen molar-refractivity contribution in [2.75, 3.05) is 0 Å². The van der Waals surface area contributed by atoms with Crippen molar-refractivity contribution in [2.45, 2.75) is 52.4 Å². The third-order valence-corrected chi connectivity index (χ3v) is 8.31. The van der Waals surface area contributed by atoms with Gasteiger partial charge in [0.2, 0.25) is 23.6 Å². The average molecular weight is 651 g/mol. The molecule has 0 spiro atoms. The second kappa shape index (κ2) is 13.7. The number of ether oxygens (including phenoxy) is 2. The molecule has 49 heavy (non-hydrogen) atoms. The molecule has 0 unspecified atom stereocenters. The molecule has 0 fully saturated rings. The molecular formula is C42H42N4O3. The quantitative estimate of drug-likeness (QED) is 0.0924. The Balaban J connectivity index is 1.24. The van der Waals surface area contributed by atoms with Crippen molar-refractivity contribution in [3.8, 4) is 28.0 Å². The highest BCUT2D eigenvalue weighted by molar-refractivity contribution is 6.05. The number of phenols is 1. The summed E-state index contributed by atoms with van der Waals surface area (Å²) in [5, 5.41) is 44.1. The van der Waals surface area contributed by atoms with Crippen LogP contribution >= 0.6 is 0 Å². The van der Waals surface area contributed by atoms with E-state index in [-0.39, 0.29) is 40.2 Å². The minimum atomic E-state index is -0.128. The Morgan fingerprint density at radius 3 is 0.939 bits per heavy atom. The molecule has 0 saturated carbocycles. The van der Waals surface area contributed by atoms with E-state index in [1.807, 2.05) is 78.9 Å². The summed E-state index contributed by atoms with van der Waals surface area (Å²) in [6, 6.07) is 35.0. The summed E-state index contributed by atoms with van der Waals surface area (Å²) < 4.78 is 11.1. The Bertz CT molecular complexity index is 1870. The maximum Gasteiger partial charge on any atom is 0.221 e. The molecule has 5 aromatic rings. The Hall–Kier alpha value is -5.82. The molecule has 0 amide bonds. The van der Waals surface area contributed by atoms with E-state index in [0.29, 0.717) is 22.3 Å². The SMILES string of the molecule is CC(C)(C)c1ccc(C(=N)OC(=N)c2ccc(-c3cc(O)cc(-c4ccc(C(=N)OC(=N)c5ccc(C(C)(C)C)cc5)cc4)c3)cc2)cc1. The van der Waals surface area contributed by atoms with E-state index in [1.54, 1.807) is 36.4 Å². The second-order valence-corrected chi connectivity index (χ2v) is 14.1. The first-order chi connectivity index (χ1) is 23.1. The predicted molar refractivity (Wildman–Crippen MR) is 199 cm³/mol. The zero-order chi connectivity index (χ0) is 35.5. The lowest BCUT2D eigenvalue weighted by Crippen LogP contribution is -2.14. The molecule has 0 radical (unpaired) electrons. The van der Waals surface area contributed by atoms with Crippen LogP contribution in [0.5, 0.6) is 5.75 Å². The summed E-state index contributed by atoms with van der Waals surface area (Å²) in [5.41, 5.74) is 7.80. The minimum absolute atomic E-state index is 0.00420. The van der Waals surface area contributed by atoms with E-state index < -0.39 is 0 Å². The van der Waals surface area contributed by atoms with Crippen LogP contribution in [0.15, 0.2) is 115 Å². The van der Waals surface area contributed by atoms with E-state index >= 15 is 0 Å². The van der Waals surface area contributed by atoms with Crippen LogP contribution in [-0.4, -0.2) is 28.7 Å². The Kier molecular flexibility index (Phi) is 9.67. The molecule has 5 rings (SSSR count). The van der Waals surface area contributed by atoms with Gasteiger partial charge in [-0.1, -0.05) is 90.1 Å². The number of aromatic hydroxyl groups is 1. The molecule has 0 aliphatic carbocycles. The van der Waals surface area contributed by atoms with Gasteiger partial charge in [0, 0.05) is 22.3 Å². The van der Waals surface area contributed by atoms with Crippen LogP contribution in [0.4, 0.5) is 0 Å². The lowest BCUT2D eigenvalue weighted by Gasteiger charge is -2.19. The zero-order valence-electron chi connectivity index (χ0n) is 28.7. The Labute approximate surface area is 288 Å². The van der Waals surface area contributed by atoms with E-state index in [4.69, 9.17) is 31.1 Å². The molecule has 0 bridgehead atoms. The van der Waals surface area contributed by atoms with Crippen LogP contribution in [0.3, 0.4) is 0 Å². The molecule has 0 atom stereocenters. The summed E-state index contributed by atoms with van der Waals surface area (Å²) in [6.45, 7) is 12.8. The normalized spacial score (nSPS) is 11.5. The summed E-state index contributed by atoms with van der Waals surface area (Å²) >= 11 is 0. The van der Waals surface area contributed by atoms with Gasteiger partial charge < -0.3 is 14.6 Å². The Morgan fingerprint density at radius 1 is 0.408 bits per heavy atom. The van der Waals surface area contributed by atoms with E-state index in [0.717, 1.165) is 33.4 Å². The third-order valence-electron chi connectivity index (χ3n) is 8.31. The molecule has 0 aromatic heterocycles. The van der Waals surface area contributed by atoms with Crippen molar-refractivity contribution in [1.82, 2.24) is 0 Å². The van der Waals surface area contributed by atoms with Gasteiger partial charge in [0.1, 0.15) is 5.75 Å². The first-order valence-corrected chi connectivity index (χ1v) is 16.1. The predicted octanol–water partition coefficient (Wildman–Crippen LogP) is 10.1. The zero-order valence-corrected chi connectivity index (χ0v) is 28.7. The van der Waals surface area contributed by atoms with Crippen LogP contribution in [0.2, 0.25) is 0 Å². The molecule has 0 aliphatic heterocycles. The van der Waals surface area contributed by atoms with Gasteiger partial charge in [-0.15, -0.1) is 0 Å². The fourth-order valence-electron chi connectivity index (χ4n) is 5.26. The van der Waals surface area contributed by atoms with Gasteiger partial charge in [-0.25, -0.2) is 0 Å². The molecule has 7 nitrogen and oxygen atoms in total. The highest BCUT2D eigenvalue weighted by Gasteiger charge is 2.17. The van der Waals surface area contributed by atoms with Crippen LogP contribution < -0.4 is 0 Å². The monoisotopic (exact) mass is 650 g/mol. The molecule has 0 aliphatic rings. The maximum absolute atomic E-state index is 10.6. The number of rotatable bonds is 6. The lowest BCUT2D eigenvalue weighted by molar-refractivity contribution is 0.476. The molecule has 5 aromatic carbocycles. The van der Waals surface area contributed by atoms with Crippen molar-refractivity contribution < 1.29 is 14.6 Å². The molecule has 5 N–H and O–H groups in total. The summed E-state index contributed by atoms with van der Waals surface area (Å²) in [6.07, 6.45) is 0. The topological polar surface area (TPSA) is 134 Å². The van der Waals surface area contributed by atoms with E-state index in [2.05, 4.69) is 41.5 Å². The summed E-state index contributed by atoms with van der Waals surface area (Å²) in [4.78, 5) is 0. The van der Waals surface area contributed by atoms with Crippen molar-refractivity contribution in [3.63, 3.8) is 0 Å². The second-order valence-electron chi connectivity index (χ2n) is 14.1. The standard InChI is InChI=1S/C42H42N4O3/c1-41(2,3)34-19-15-30(16-20-34)39(45)48-37(43)28-11-7-26(8-12-28)32-23-33(25-36(47)24-32)27-9-13-29(14-10-27)38(44)49-40(46)31-17-21-35(22-18-31)42(4,5)6/h7-25,43-47H,1-6H3. The number of benzene rings is 5. The van der Waals surface area contributed by atoms with Crippen molar-refractivity contribution in [3.05, 3.63) is 149 Å². The van der Waals surface area contributed by atoms with Crippen LogP contribution in [-0.2, 0) is 20.3 Å². The maximum atomic E-state index is 10.6. The van der Waals surface area contributed by atoms with Gasteiger partial charge in [0.05, 0.1) is 0 Å². The summed E-state index contributed by atoms with van der Waals surface area (Å²) in [7, 11) is 0. The first kappa shape index (κ1) is 34.5. The molecular weight excluding hydrogens is 608 g/mol. The highest BCUT2D eigenvalue weighted by atomic mass is 16.5. The van der Waals surface area contributed by atoms with Crippen molar-refractivity contribution in [2.24, 2.45) is 0 Å². The largest absolute Gasteiger partial charge is 0.508 e. The number of hydrogen-bond acceptors (Lipinski definition) is 7. The smallest absolute Gasteiger partial charge is 0.221 e. The third kappa shape index (κ3) is 8.37. The highest BCUT2D eigenvalue weighted by Crippen LogP contribution is 2.32. The van der Waals surface area contributed by atoms with Gasteiger partial charge in [0.25, 0.3) is 0 Å². The van der Waals surface area contributed by atoms with E-state index in [1.165, 1.54) is 0 Å². The number of hydrogen-bond donors (Lipinski definition) is 5. The van der Waals surface area contributed by atoms with Crippen molar-refractivity contribution in [1.29, 1.82) is 21.6 Å². The van der Waals surface area contributed by atoms with Gasteiger partial charge in [0.15, 0.2) is 0 Å². The molecule has 7 heteroatoms. The van der Waals surface area contributed by atoms with E-state index in [9.17, 15) is 5.11 Å². The summed E-state index contributed by atoms with van der Waals surface area (Å²) in [5.74, 6) is -0.342. The number of nitrogens with one attached hydrogen (secondary N) is 4. The average Bonchev–Trinajstić information content (AvgIpc) is 3.07. The van der Waals surface area contributed by atoms with Gasteiger partial charge >= 0.3 is 0 Å². The first-order valence-electron chi connectivity index (χ1n) is 16.1. The van der Waals surface area contributed by atoms with Gasteiger partial charge in [-0.05, 0) is 111 Å². The van der Waals surface area contributed by atoms with Crippen LogP contribution in [0.25, 0.3) is 22.3 Å². The fourth-order valence-corrected chi connectivity index (χ4v) is 5.26. The van der Waals surface area contributed by atoms with Crippen molar-refractivity contribution >= 4 is 23.6 Å². The fraction of sp³-hybridized carbons (Fsp3) is 0.190. The van der Waals surface area contributed by atoms with Crippen LogP contribution in [0, 0.1) is 21.6 Å². The molecule has 248 valence electrons. The molecule has 0 heterocycles. The molecule has 0 saturated heterocycles.